The molecule has 0 aliphatic heterocycles. The van der Waals surface area contributed by atoms with Gasteiger partial charge in [0, 0.05) is 26.7 Å². The van der Waals surface area contributed by atoms with Crippen molar-refractivity contribution in [2.45, 2.75) is 33.2 Å². The van der Waals surface area contributed by atoms with E-state index in [4.69, 9.17) is 0 Å². The van der Waals surface area contributed by atoms with Gasteiger partial charge in [-0.05, 0) is 18.9 Å². The van der Waals surface area contributed by atoms with Crippen molar-refractivity contribution >= 4 is 11.8 Å². The zero-order chi connectivity index (χ0) is 15.8. The van der Waals surface area contributed by atoms with Gasteiger partial charge in [0.15, 0.2) is 5.82 Å². The molecule has 0 amide bonds. The number of rotatable bonds is 8. The minimum Gasteiger partial charge on any atom is -0.351 e. The summed E-state index contributed by atoms with van der Waals surface area (Å²) in [5.74, 6) is 1.57. The molecule has 0 saturated carbocycles. The fraction of sp³-hybridized carbons (Fsp3) is 0.471. The molecule has 2 aromatic rings. The van der Waals surface area contributed by atoms with Crippen molar-refractivity contribution in [3.8, 4) is 0 Å². The van der Waals surface area contributed by atoms with E-state index in [1.54, 1.807) is 6.20 Å². The van der Waals surface area contributed by atoms with Crippen LogP contribution in [0.2, 0.25) is 0 Å². The van der Waals surface area contributed by atoms with E-state index in [-0.39, 0.29) is 0 Å². The third kappa shape index (κ3) is 4.41. The van der Waals surface area contributed by atoms with Gasteiger partial charge in [-0.3, -0.25) is 0 Å². The standard InChI is InChI=1S/C17H25N5/c1-4-6-12-21(3)17-19-16(13-18-20-17)22(5-2)14-15-10-8-7-9-11-15/h7-11,13H,4-6,12,14H2,1-3H3. The molecular weight excluding hydrogens is 274 g/mol. The van der Waals surface area contributed by atoms with E-state index in [0.29, 0.717) is 5.95 Å². The predicted octanol–water partition coefficient (Wildman–Crippen LogP) is 3.13. The Morgan fingerprint density at radius 1 is 1.09 bits per heavy atom. The quantitative estimate of drug-likeness (QED) is 0.749. The van der Waals surface area contributed by atoms with E-state index in [1.165, 1.54) is 5.56 Å². The second-order valence-electron chi connectivity index (χ2n) is 5.39. The summed E-state index contributed by atoms with van der Waals surface area (Å²) in [5, 5.41) is 8.28. The fourth-order valence-corrected chi connectivity index (χ4v) is 2.25. The molecule has 0 fully saturated rings. The number of nitrogens with zero attached hydrogens (tertiary/aromatic N) is 5. The maximum atomic E-state index is 4.67. The highest BCUT2D eigenvalue weighted by molar-refractivity contribution is 5.42. The second-order valence-corrected chi connectivity index (χ2v) is 5.39. The molecule has 0 atom stereocenters. The van der Waals surface area contributed by atoms with Gasteiger partial charge in [-0.1, -0.05) is 43.7 Å². The Labute approximate surface area is 133 Å². The third-order valence-electron chi connectivity index (χ3n) is 3.65. The van der Waals surface area contributed by atoms with Crippen molar-refractivity contribution in [1.82, 2.24) is 15.2 Å². The lowest BCUT2D eigenvalue weighted by atomic mass is 10.2. The van der Waals surface area contributed by atoms with Gasteiger partial charge in [-0.15, -0.1) is 5.10 Å². The van der Waals surface area contributed by atoms with E-state index in [0.717, 1.165) is 38.3 Å². The van der Waals surface area contributed by atoms with Gasteiger partial charge in [0.2, 0.25) is 5.95 Å². The maximum absolute atomic E-state index is 4.67. The van der Waals surface area contributed by atoms with Crippen LogP contribution in [0, 0.1) is 0 Å². The molecule has 0 radical (unpaired) electrons. The first-order valence-electron chi connectivity index (χ1n) is 7.94. The van der Waals surface area contributed by atoms with Gasteiger partial charge in [-0.25, -0.2) is 0 Å². The van der Waals surface area contributed by atoms with Crippen LogP contribution in [0.1, 0.15) is 32.3 Å². The summed E-state index contributed by atoms with van der Waals surface area (Å²) in [4.78, 5) is 8.95. The lowest BCUT2D eigenvalue weighted by Crippen LogP contribution is -2.26. The van der Waals surface area contributed by atoms with Crippen molar-refractivity contribution < 1.29 is 0 Å². The normalized spacial score (nSPS) is 10.5. The summed E-state index contributed by atoms with van der Waals surface area (Å²) in [6, 6.07) is 10.4. The molecule has 5 nitrogen and oxygen atoms in total. The number of unbranched alkanes of at least 4 members (excludes halogenated alkanes) is 1. The molecule has 0 aliphatic rings. The van der Waals surface area contributed by atoms with Crippen LogP contribution in [0.5, 0.6) is 0 Å². The summed E-state index contributed by atoms with van der Waals surface area (Å²) < 4.78 is 0. The Bertz CT molecular complexity index is 558. The lowest BCUT2D eigenvalue weighted by molar-refractivity contribution is 0.731. The van der Waals surface area contributed by atoms with Gasteiger partial charge in [0.05, 0.1) is 6.20 Å². The molecular formula is C17H25N5. The molecule has 2 rings (SSSR count). The SMILES string of the molecule is CCCCN(C)c1nncc(N(CC)Cc2ccccc2)n1. The van der Waals surface area contributed by atoms with Gasteiger partial charge in [0.1, 0.15) is 0 Å². The molecule has 1 heterocycles. The number of hydrogen-bond donors (Lipinski definition) is 0. The number of anilines is 2. The third-order valence-corrected chi connectivity index (χ3v) is 3.65. The molecule has 0 aliphatic carbocycles. The average Bonchev–Trinajstić information content (AvgIpc) is 2.58. The van der Waals surface area contributed by atoms with E-state index in [9.17, 15) is 0 Å². The summed E-state index contributed by atoms with van der Waals surface area (Å²) in [7, 11) is 2.02. The molecule has 0 saturated heterocycles. The second kappa shape index (κ2) is 8.32. The topological polar surface area (TPSA) is 45.2 Å². The Balaban J connectivity index is 2.12. The first-order chi connectivity index (χ1) is 10.7. The monoisotopic (exact) mass is 299 g/mol. The van der Waals surface area contributed by atoms with Crippen molar-refractivity contribution in [3.05, 3.63) is 42.1 Å². The van der Waals surface area contributed by atoms with E-state index in [1.807, 2.05) is 13.1 Å². The Kier molecular flexibility index (Phi) is 6.13. The van der Waals surface area contributed by atoms with Crippen LogP contribution in [-0.4, -0.2) is 35.3 Å². The van der Waals surface area contributed by atoms with E-state index < -0.39 is 0 Å². The van der Waals surface area contributed by atoms with Crippen LogP contribution in [0.4, 0.5) is 11.8 Å². The highest BCUT2D eigenvalue weighted by Crippen LogP contribution is 2.16. The van der Waals surface area contributed by atoms with Gasteiger partial charge in [-0.2, -0.15) is 10.1 Å². The summed E-state index contributed by atoms with van der Waals surface area (Å²) in [6.07, 6.45) is 4.03. The Morgan fingerprint density at radius 2 is 1.86 bits per heavy atom. The number of hydrogen-bond acceptors (Lipinski definition) is 5. The van der Waals surface area contributed by atoms with Crippen molar-refractivity contribution in [1.29, 1.82) is 0 Å². The minimum atomic E-state index is 0.692. The number of aromatic nitrogens is 3. The molecule has 5 heteroatoms. The van der Waals surface area contributed by atoms with Crippen molar-refractivity contribution in [2.75, 3.05) is 29.9 Å². The molecule has 0 spiro atoms. The smallest absolute Gasteiger partial charge is 0.247 e. The zero-order valence-electron chi connectivity index (χ0n) is 13.7. The molecule has 22 heavy (non-hydrogen) atoms. The highest BCUT2D eigenvalue weighted by Gasteiger charge is 2.11. The molecule has 0 bridgehead atoms. The molecule has 0 unspecified atom stereocenters. The van der Waals surface area contributed by atoms with Crippen LogP contribution in [0.3, 0.4) is 0 Å². The highest BCUT2D eigenvalue weighted by atomic mass is 15.3. The molecule has 0 N–H and O–H groups in total. The van der Waals surface area contributed by atoms with Crippen LogP contribution in [0.25, 0.3) is 0 Å². The fourth-order valence-electron chi connectivity index (χ4n) is 2.25. The molecule has 1 aromatic heterocycles. The van der Waals surface area contributed by atoms with Crippen molar-refractivity contribution in [2.24, 2.45) is 0 Å². The van der Waals surface area contributed by atoms with Crippen LogP contribution in [0.15, 0.2) is 36.5 Å². The molecule has 1 aromatic carbocycles. The van der Waals surface area contributed by atoms with Crippen LogP contribution in [-0.2, 0) is 6.54 Å². The molecule has 118 valence electrons. The lowest BCUT2D eigenvalue weighted by Gasteiger charge is -2.23. The van der Waals surface area contributed by atoms with Crippen LogP contribution < -0.4 is 9.80 Å². The van der Waals surface area contributed by atoms with Crippen LogP contribution >= 0.6 is 0 Å². The van der Waals surface area contributed by atoms with E-state index >= 15 is 0 Å². The van der Waals surface area contributed by atoms with E-state index in [2.05, 4.69) is 63.1 Å². The summed E-state index contributed by atoms with van der Waals surface area (Å²) in [5.41, 5.74) is 1.27. The summed E-state index contributed by atoms with van der Waals surface area (Å²) >= 11 is 0. The van der Waals surface area contributed by atoms with Crippen molar-refractivity contribution in [3.63, 3.8) is 0 Å². The van der Waals surface area contributed by atoms with Gasteiger partial charge >= 0.3 is 0 Å². The maximum Gasteiger partial charge on any atom is 0.247 e. The van der Waals surface area contributed by atoms with Gasteiger partial charge in [0.25, 0.3) is 0 Å². The first-order valence-corrected chi connectivity index (χ1v) is 7.94. The summed E-state index contributed by atoms with van der Waals surface area (Å²) in [6.45, 7) is 6.97. The minimum absolute atomic E-state index is 0.692. The first kappa shape index (κ1) is 16.2. The predicted molar refractivity (Wildman–Crippen MR) is 91.2 cm³/mol. The largest absolute Gasteiger partial charge is 0.351 e. The Hall–Kier alpha value is -2.17. The zero-order valence-corrected chi connectivity index (χ0v) is 13.7. The van der Waals surface area contributed by atoms with Gasteiger partial charge < -0.3 is 9.80 Å². The average molecular weight is 299 g/mol. The Morgan fingerprint density at radius 3 is 2.55 bits per heavy atom. The number of benzene rings is 1.